The summed E-state index contributed by atoms with van der Waals surface area (Å²) in [5.41, 5.74) is 1.33. The van der Waals surface area contributed by atoms with Crippen molar-refractivity contribution in [3.8, 4) is 0 Å². The molecule has 0 aliphatic heterocycles. The lowest BCUT2D eigenvalue weighted by atomic mass is 10.1. The molecule has 0 aliphatic rings. The van der Waals surface area contributed by atoms with E-state index in [-0.39, 0.29) is 30.8 Å². The van der Waals surface area contributed by atoms with E-state index in [2.05, 4.69) is 10.6 Å². The van der Waals surface area contributed by atoms with Gasteiger partial charge in [0.05, 0.1) is 6.54 Å². The molecule has 0 bridgehead atoms. The third kappa shape index (κ3) is 5.19. The standard InChI is InChI=1S/C14H21N3O2.ClH/c1-4-17(5-2)14(19)11-6-8-12(9-7-11)16-13(18)10-15-3;/h6-9,15H,4-5,10H2,1-3H3,(H,16,18);1H. The number of amides is 2. The van der Waals surface area contributed by atoms with Gasteiger partial charge in [0.1, 0.15) is 0 Å². The van der Waals surface area contributed by atoms with Crippen LogP contribution in [0.2, 0.25) is 0 Å². The molecule has 0 saturated heterocycles. The Labute approximate surface area is 126 Å². The summed E-state index contributed by atoms with van der Waals surface area (Å²) in [6.07, 6.45) is 0. The van der Waals surface area contributed by atoms with Crippen LogP contribution in [0.5, 0.6) is 0 Å². The van der Waals surface area contributed by atoms with E-state index in [0.29, 0.717) is 24.3 Å². The quantitative estimate of drug-likeness (QED) is 0.841. The molecule has 0 unspecified atom stereocenters. The lowest BCUT2D eigenvalue weighted by molar-refractivity contribution is -0.115. The molecule has 112 valence electrons. The average molecular weight is 300 g/mol. The number of nitrogens with zero attached hydrogens (tertiary/aromatic N) is 1. The van der Waals surface area contributed by atoms with Crippen molar-refractivity contribution < 1.29 is 9.59 Å². The molecule has 0 aromatic heterocycles. The van der Waals surface area contributed by atoms with E-state index < -0.39 is 0 Å². The number of carbonyl (C=O) groups is 2. The maximum atomic E-state index is 12.1. The van der Waals surface area contributed by atoms with E-state index in [1.165, 1.54) is 0 Å². The van der Waals surface area contributed by atoms with Gasteiger partial charge in [0.2, 0.25) is 5.91 Å². The van der Waals surface area contributed by atoms with Gasteiger partial charge < -0.3 is 15.5 Å². The van der Waals surface area contributed by atoms with Crippen molar-refractivity contribution in [1.29, 1.82) is 0 Å². The highest BCUT2D eigenvalue weighted by Gasteiger charge is 2.12. The molecular weight excluding hydrogens is 278 g/mol. The molecule has 1 rings (SSSR count). The van der Waals surface area contributed by atoms with E-state index >= 15 is 0 Å². The van der Waals surface area contributed by atoms with Crippen LogP contribution < -0.4 is 10.6 Å². The normalized spacial score (nSPS) is 9.55. The second kappa shape index (κ2) is 9.34. The first-order valence-electron chi connectivity index (χ1n) is 6.46. The number of halogens is 1. The number of hydrogen-bond acceptors (Lipinski definition) is 3. The van der Waals surface area contributed by atoms with Gasteiger partial charge in [0.25, 0.3) is 5.91 Å². The number of hydrogen-bond donors (Lipinski definition) is 2. The lowest BCUT2D eigenvalue weighted by Crippen LogP contribution is -2.30. The first-order chi connectivity index (χ1) is 9.12. The predicted octanol–water partition coefficient (Wildman–Crippen LogP) is 1.75. The topological polar surface area (TPSA) is 61.4 Å². The molecule has 0 aliphatic carbocycles. The van der Waals surface area contributed by atoms with Gasteiger partial charge in [-0.25, -0.2) is 0 Å². The summed E-state index contributed by atoms with van der Waals surface area (Å²) >= 11 is 0. The van der Waals surface area contributed by atoms with E-state index in [9.17, 15) is 9.59 Å². The Morgan fingerprint density at radius 1 is 1.10 bits per heavy atom. The van der Waals surface area contributed by atoms with Crippen LogP contribution >= 0.6 is 12.4 Å². The maximum absolute atomic E-state index is 12.1. The average Bonchev–Trinajstić information content (AvgIpc) is 2.41. The molecule has 0 heterocycles. The minimum absolute atomic E-state index is 0. The highest BCUT2D eigenvalue weighted by Crippen LogP contribution is 2.11. The number of anilines is 1. The minimum atomic E-state index is -0.106. The molecule has 2 N–H and O–H groups in total. The van der Waals surface area contributed by atoms with Crippen LogP contribution in [0.3, 0.4) is 0 Å². The zero-order valence-corrected chi connectivity index (χ0v) is 12.9. The van der Waals surface area contributed by atoms with Gasteiger partial charge >= 0.3 is 0 Å². The summed E-state index contributed by atoms with van der Waals surface area (Å²) in [7, 11) is 1.71. The maximum Gasteiger partial charge on any atom is 0.253 e. The van der Waals surface area contributed by atoms with Gasteiger partial charge in [-0.15, -0.1) is 12.4 Å². The highest BCUT2D eigenvalue weighted by atomic mass is 35.5. The Balaban J connectivity index is 0.00000361. The highest BCUT2D eigenvalue weighted by molar-refractivity contribution is 5.96. The first kappa shape index (κ1) is 18.4. The van der Waals surface area contributed by atoms with Crippen LogP contribution in [0.15, 0.2) is 24.3 Å². The number of benzene rings is 1. The smallest absolute Gasteiger partial charge is 0.253 e. The molecule has 0 saturated carbocycles. The van der Waals surface area contributed by atoms with Gasteiger partial charge in [0.15, 0.2) is 0 Å². The third-order valence-electron chi connectivity index (χ3n) is 2.80. The summed E-state index contributed by atoms with van der Waals surface area (Å²) in [6, 6.07) is 6.94. The molecule has 1 aromatic rings. The minimum Gasteiger partial charge on any atom is -0.339 e. The predicted molar refractivity (Wildman–Crippen MR) is 83.5 cm³/mol. The van der Waals surface area contributed by atoms with Crippen LogP contribution in [-0.4, -0.2) is 43.4 Å². The van der Waals surface area contributed by atoms with Crippen molar-refractivity contribution in [2.45, 2.75) is 13.8 Å². The van der Waals surface area contributed by atoms with Crippen LogP contribution in [0.1, 0.15) is 24.2 Å². The number of carbonyl (C=O) groups excluding carboxylic acids is 2. The van der Waals surface area contributed by atoms with Crippen LogP contribution in [0, 0.1) is 0 Å². The van der Waals surface area contributed by atoms with Crippen molar-refractivity contribution in [3.05, 3.63) is 29.8 Å². The van der Waals surface area contributed by atoms with E-state index in [0.717, 1.165) is 0 Å². The van der Waals surface area contributed by atoms with Crippen molar-refractivity contribution >= 4 is 29.9 Å². The molecule has 1 aromatic carbocycles. The second-order valence-electron chi connectivity index (χ2n) is 4.13. The van der Waals surface area contributed by atoms with E-state index in [4.69, 9.17) is 0 Å². The van der Waals surface area contributed by atoms with Crippen molar-refractivity contribution in [2.24, 2.45) is 0 Å². The Bertz CT molecular complexity index is 431. The third-order valence-corrected chi connectivity index (χ3v) is 2.80. The Morgan fingerprint density at radius 3 is 2.10 bits per heavy atom. The molecule has 0 atom stereocenters. The summed E-state index contributed by atoms with van der Waals surface area (Å²) in [5, 5.41) is 5.51. The zero-order chi connectivity index (χ0) is 14.3. The van der Waals surface area contributed by atoms with E-state index in [1.807, 2.05) is 13.8 Å². The van der Waals surface area contributed by atoms with Gasteiger partial charge in [-0.3, -0.25) is 9.59 Å². The Kier molecular flexibility index (Phi) is 8.59. The van der Waals surface area contributed by atoms with Gasteiger partial charge in [-0.1, -0.05) is 0 Å². The van der Waals surface area contributed by atoms with Crippen LogP contribution in [0.25, 0.3) is 0 Å². The summed E-state index contributed by atoms with van der Waals surface area (Å²) < 4.78 is 0. The van der Waals surface area contributed by atoms with Crippen molar-refractivity contribution in [3.63, 3.8) is 0 Å². The second-order valence-corrected chi connectivity index (χ2v) is 4.13. The molecule has 5 nitrogen and oxygen atoms in total. The van der Waals surface area contributed by atoms with Crippen molar-refractivity contribution in [1.82, 2.24) is 10.2 Å². The molecular formula is C14H22ClN3O2. The van der Waals surface area contributed by atoms with Crippen molar-refractivity contribution in [2.75, 3.05) is 32.0 Å². The first-order valence-corrected chi connectivity index (χ1v) is 6.46. The molecule has 0 spiro atoms. The summed E-state index contributed by atoms with van der Waals surface area (Å²) in [5.74, 6) is -0.0941. The monoisotopic (exact) mass is 299 g/mol. The molecule has 0 fully saturated rings. The molecule has 0 radical (unpaired) electrons. The number of rotatable bonds is 6. The van der Waals surface area contributed by atoms with Gasteiger partial charge in [-0.05, 0) is 45.2 Å². The summed E-state index contributed by atoms with van der Waals surface area (Å²) in [6.45, 7) is 5.55. The van der Waals surface area contributed by atoms with Crippen LogP contribution in [0.4, 0.5) is 5.69 Å². The molecule has 20 heavy (non-hydrogen) atoms. The van der Waals surface area contributed by atoms with Crippen LogP contribution in [-0.2, 0) is 4.79 Å². The SMILES string of the molecule is CCN(CC)C(=O)c1ccc(NC(=O)CNC)cc1.Cl. The van der Waals surface area contributed by atoms with Gasteiger partial charge in [0, 0.05) is 24.3 Å². The fourth-order valence-electron chi connectivity index (χ4n) is 1.76. The van der Waals surface area contributed by atoms with E-state index in [1.54, 1.807) is 36.2 Å². The fraction of sp³-hybridized carbons (Fsp3) is 0.429. The van der Waals surface area contributed by atoms with Gasteiger partial charge in [-0.2, -0.15) is 0 Å². The Hall–Kier alpha value is -1.59. The zero-order valence-electron chi connectivity index (χ0n) is 12.1. The summed E-state index contributed by atoms with van der Waals surface area (Å²) in [4.78, 5) is 25.2. The largest absolute Gasteiger partial charge is 0.339 e. The lowest BCUT2D eigenvalue weighted by Gasteiger charge is -2.18. The number of likely N-dealkylation sites (N-methyl/N-ethyl adjacent to an activating group) is 1. The molecule has 6 heteroatoms. The fourth-order valence-corrected chi connectivity index (χ4v) is 1.76. The number of nitrogens with one attached hydrogen (secondary N) is 2. The molecule has 2 amide bonds. The Morgan fingerprint density at radius 2 is 1.65 bits per heavy atom.